The molecule has 1 spiro atoms. The second-order valence-corrected chi connectivity index (χ2v) is 10.2. The number of amides is 1. The second kappa shape index (κ2) is 9.37. The van der Waals surface area contributed by atoms with Gasteiger partial charge in [-0.15, -0.1) is 0 Å². The zero-order chi connectivity index (χ0) is 23.8. The van der Waals surface area contributed by atoms with Gasteiger partial charge in [0.15, 0.2) is 0 Å². The van der Waals surface area contributed by atoms with Crippen LogP contribution in [0.25, 0.3) is 11.0 Å². The number of carbonyl (C=O) groups is 1. The van der Waals surface area contributed by atoms with E-state index in [0.717, 1.165) is 76.2 Å². The summed E-state index contributed by atoms with van der Waals surface area (Å²) in [7, 11) is 1.65. The Kier molecular flexibility index (Phi) is 6.07. The lowest BCUT2D eigenvalue weighted by molar-refractivity contribution is -0.113. The molecule has 186 valence electrons. The molecule has 4 aliphatic rings. The van der Waals surface area contributed by atoms with Crippen LogP contribution in [0.2, 0.25) is 0 Å². The molecule has 3 fully saturated rings. The Bertz CT molecular complexity index is 1160. The van der Waals surface area contributed by atoms with E-state index in [1.807, 2.05) is 12.1 Å². The van der Waals surface area contributed by atoms with E-state index in [9.17, 15) is 4.79 Å². The molecule has 1 unspecified atom stereocenters. The molecule has 2 N–H and O–H groups in total. The molecule has 1 amide bonds. The van der Waals surface area contributed by atoms with E-state index >= 15 is 0 Å². The number of nitrogens with one attached hydrogen (secondary N) is 2. The largest absolute Gasteiger partial charge is 0.494 e. The Labute approximate surface area is 204 Å². The lowest BCUT2D eigenvalue weighted by Gasteiger charge is -2.28. The zero-order valence-electron chi connectivity index (χ0n) is 20.2. The lowest BCUT2D eigenvalue weighted by Crippen LogP contribution is -2.37. The van der Waals surface area contributed by atoms with E-state index in [1.165, 1.54) is 5.56 Å². The quantitative estimate of drug-likeness (QED) is 0.683. The number of fused-ring (bicyclic) bond motifs is 1. The molecule has 1 aromatic heterocycles. The number of carbonyl (C=O) groups excluding carboxylic acids is 1. The lowest BCUT2D eigenvalue weighted by atomic mass is 9.87. The van der Waals surface area contributed by atoms with Gasteiger partial charge in [0.25, 0.3) is 5.91 Å². The molecule has 4 aliphatic heterocycles. The number of H-pyrrole nitrogens is 1. The van der Waals surface area contributed by atoms with E-state index in [1.54, 1.807) is 13.3 Å². The van der Waals surface area contributed by atoms with Crippen molar-refractivity contribution in [1.82, 2.24) is 14.9 Å². The maximum atomic E-state index is 13.2. The standard InChI is InChI=1S/C26H33N5O4/c1-33-20-3-2-19(17-5-11-34-12-6-17)22-23(20)29-25(28-22)30-24(32)18-4-9-27-21(14-18)31-10-7-26(15-31)8-13-35-16-26/h2-4,9,17,21H,5-8,10-16H2,1H3,(H2,28,29,30,32)/t21?,26-/m0/s1. The van der Waals surface area contributed by atoms with E-state index in [-0.39, 0.29) is 17.5 Å². The normalized spacial score (nSPS) is 27.6. The van der Waals surface area contributed by atoms with Gasteiger partial charge >= 0.3 is 0 Å². The summed E-state index contributed by atoms with van der Waals surface area (Å²) in [6.07, 6.45) is 8.36. The van der Waals surface area contributed by atoms with Crippen molar-refractivity contribution >= 4 is 29.1 Å². The van der Waals surface area contributed by atoms with Crippen molar-refractivity contribution < 1.29 is 19.0 Å². The number of benzene rings is 1. The summed E-state index contributed by atoms with van der Waals surface area (Å²) < 4.78 is 16.8. The van der Waals surface area contributed by atoms with Crippen LogP contribution in [0.1, 0.15) is 43.6 Å². The van der Waals surface area contributed by atoms with Crippen LogP contribution in [0.3, 0.4) is 0 Å². The fourth-order valence-electron chi connectivity index (χ4n) is 5.98. The van der Waals surface area contributed by atoms with Crippen LogP contribution in [0.4, 0.5) is 5.95 Å². The Morgan fingerprint density at radius 3 is 2.91 bits per heavy atom. The number of aromatic amines is 1. The third kappa shape index (κ3) is 4.37. The van der Waals surface area contributed by atoms with Crippen LogP contribution >= 0.6 is 0 Å². The zero-order valence-corrected chi connectivity index (χ0v) is 20.2. The number of allylic oxidation sites excluding steroid dienone is 1. The minimum absolute atomic E-state index is 0.00313. The molecule has 0 saturated carbocycles. The van der Waals surface area contributed by atoms with Gasteiger partial charge in [-0.1, -0.05) is 6.07 Å². The number of hydrogen-bond acceptors (Lipinski definition) is 7. The number of aromatic nitrogens is 2. The maximum Gasteiger partial charge on any atom is 0.254 e. The van der Waals surface area contributed by atoms with Gasteiger partial charge in [0, 0.05) is 56.5 Å². The van der Waals surface area contributed by atoms with Crippen LogP contribution in [0, 0.1) is 5.41 Å². The van der Waals surface area contributed by atoms with Crippen LogP contribution < -0.4 is 10.1 Å². The molecule has 2 atom stereocenters. The van der Waals surface area contributed by atoms with Gasteiger partial charge in [-0.3, -0.25) is 20.0 Å². The third-order valence-electron chi connectivity index (χ3n) is 8.05. The number of hydrogen-bond donors (Lipinski definition) is 2. The summed E-state index contributed by atoms with van der Waals surface area (Å²) >= 11 is 0. The highest BCUT2D eigenvalue weighted by atomic mass is 16.5. The molecular weight excluding hydrogens is 446 g/mol. The molecule has 35 heavy (non-hydrogen) atoms. The number of dihydropyridines is 1. The van der Waals surface area contributed by atoms with Crippen molar-refractivity contribution in [2.75, 3.05) is 51.9 Å². The van der Waals surface area contributed by atoms with E-state index in [0.29, 0.717) is 29.6 Å². The number of nitrogens with zero attached hydrogens (tertiary/aromatic N) is 3. The monoisotopic (exact) mass is 479 g/mol. The van der Waals surface area contributed by atoms with Gasteiger partial charge in [-0.05, 0) is 49.3 Å². The second-order valence-electron chi connectivity index (χ2n) is 10.2. The summed E-state index contributed by atoms with van der Waals surface area (Å²) in [5.74, 6) is 1.39. The average molecular weight is 480 g/mol. The highest BCUT2D eigenvalue weighted by Crippen LogP contribution is 2.40. The molecule has 0 bridgehead atoms. The third-order valence-corrected chi connectivity index (χ3v) is 8.05. The number of anilines is 1. The molecule has 0 aliphatic carbocycles. The van der Waals surface area contributed by atoms with E-state index < -0.39 is 0 Å². The average Bonchev–Trinajstić information content (AvgIpc) is 3.65. The van der Waals surface area contributed by atoms with Gasteiger partial charge in [0.1, 0.15) is 17.4 Å². The number of likely N-dealkylation sites (tertiary alicyclic amines) is 1. The van der Waals surface area contributed by atoms with Gasteiger partial charge in [-0.25, -0.2) is 4.98 Å². The van der Waals surface area contributed by atoms with Crippen molar-refractivity contribution in [3.05, 3.63) is 29.3 Å². The molecule has 5 heterocycles. The predicted octanol–water partition coefficient (Wildman–Crippen LogP) is 3.24. The van der Waals surface area contributed by atoms with Crippen molar-refractivity contribution in [2.24, 2.45) is 10.4 Å². The van der Waals surface area contributed by atoms with Gasteiger partial charge < -0.3 is 19.2 Å². The Balaban J connectivity index is 1.17. The summed E-state index contributed by atoms with van der Waals surface area (Å²) in [5, 5.41) is 2.99. The van der Waals surface area contributed by atoms with E-state index in [4.69, 9.17) is 19.2 Å². The molecule has 9 heteroatoms. The first kappa shape index (κ1) is 22.7. The summed E-state index contributed by atoms with van der Waals surface area (Å²) in [6.45, 7) is 5.20. The van der Waals surface area contributed by atoms with Crippen molar-refractivity contribution in [3.63, 3.8) is 0 Å². The van der Waals surface area contributed by atoms with Crippen LogP contribution in [-0.2, 0) is 14.3 Å². The maximum absolute atomic E-state index is 13.2. The molecule has 1 aromatic carbocycles. The van der Waals surface area contributed by atoms with Gasteiger partial charge in [0.2, 0.25) is 5.95 Å². The van der Waals surface area contributed by atoms with Gasteiger partial charge in [0.05, 0.1) is 19.2 Å². The Hall–Kier alpha value is -2.75. The number of imidazole rings is 1. The first-order valence-electron chi connectivity index (χ1n) is 12.6. The smallest absolute Gasteiger partial charge is 0.254 e. The number of rotatable bonds is 5. The molecule has 3 saturated heterocycles. The molecule has 6 rings (SSSR count). The summed E-state index contributed by atoms with van der Waals surface area (Å²) in [4.78, 5) is 28.4. The molecule has 2 aromatic rings. The van der Waals surface area contributed by atoms with Crippen LogP contribution in [-0.4, -0.2) is 79.8 Å². The number of ether oxygens (including phenoxy) is 3. The topological polar surface area (TPSA) is 101 Å². The van der Waals surface area contributed by atoms with Crippen molar-refractivity contribution in [3.8, 4) is 5.75 Å². The molecular formula is C26H33N5O4. The Morgan fingerprint density at radius 2 is 2.11 bits per heavy atom. The van der Waals surface area contributed by atoms with Gasteiger partial charge in [-0.2, -0.15) is 0 Å². The van der Waals surface area contributed by atoms with Crippen molar-refractivity contribution in [2.45, 2.75) is 44.2 Å². The summed E-state index contributed by atoms with van der Waals surface area (Å²) in [5.41, 5.74) is 3.82. The van der Waals surface area contributed by atoms with E-state index in [2.05, 4.69) is 26.3 Å². The van der Waals surface area contributed by atoms with Crippen molar-refractivity contribution in [1.29, 1.82) is 0 Å². The highest BCUT2D eigenvalue weighted by Gasteiger charge is 2.43. The minimum atomic E-state index is -0.148. The fourth-order valence-corrected chi connectivity index (χ4v) is 5.98. The highest BCUT2D eigenvalue weighted by molar-refractivity contribution is 6.06. The van der Waals surface area contributed by atoms with Crippen LogP contribution in [0.15, 0.2) is 28.8 Å². The molecule has 0 radical (unpaired) electrons. The molecule has 9 nitrogen and oxygen atoms in total. The summed E-state index contributed by atoms with van der Waals surface area (Å²) in [6, 6.07) is 4.06. The van der Waals surface area contributed by atoms with Crippen LogP contribution in [0.5, 0.6) is 5.75 Å². The first-order valence-corrected chi connectivity index (χ1v) is 12.6. The Morgan fingerprint density at radius 1 is 1.23 bits per heavy atom. The first-order chi connectivity index (χ1) is 17.1. The fraction of sp³-hybridized carbons (Fsp3) is 0.577. The minimum Gasteiger partial charge on any atom is -0.494 e. The number of aliphatic imine (C=N–C) groups is 1. The SMILES string of the molecule is COc1ccc(C2CCOCC2)c2nc(NC(=O)C3=CC=NC(N4CC[C@]5(CCOC5)C4)C3)[nH]c12. The number of methoxy groups -OCH3 is 1. The predicted molar refractivity (Wildman–Crippen MR) is 133 cm³/mol.